The lowest BCUT2D eigenvalue weighted by atomic mass is 10.1. The van der Waals surface area contributed by atoms with Gasteiger partial charge in [-0.3, -0.25) is 19.1 Å². The molecule has 0 saturated carbocycles. The van der Waals surface area contributed by atoms with Crippen molar-refractivity contribution in [1.29, 1.82) is 0 Å². The maximum Gasteiger partial charge on any atom is 0.270 e. The smallest absolute Gasteiger partial charge is 0.270 e. The average Bonchev–Trinajstić information content (AvgIpc) is 3.15. The van der Waals surface area contributed by atoms with E-state index >= 15 is 4.39 Å². The van der Waals surface area contributed by atoms with Gasteiger partial charge in [0, 0.05) is 47.0 Å². The monoisotopic (exact) mass is 720 g/mol. The van der Waals surface area contributed by atoms with Gasteiger partial charge in [-0.1, -0.05) is 53.9 Å². The molecule has 9 nitrogen and oxygen atoms in total. The molecule has 0 radical (unpaired) electrons. The highest BCUT2D eigenvalue weighted by atomic mass is 35.5. The first-order valence-corrected chi connectivity index (χ1v) is 17.7. The van der Waals surface area contributed by atoms with Crippen LogP contribution >= 0.6 is 11.6 Å². The summed E-state index contributed by atoms with van der Waals surface area (Å²) in [7, 11) is 1.56. The lowest BCUT2D eigenvalue weighted by Gasteiger charge is -2.26. The van der Waals surface area contributed by atoms with E-state index in [0.29, 0.717) is 51.3 Å². The van der Waals surface area contributed by atoms with Crippen LogP contribution in [0.4, 0.5) is 10.1 Å². The van der Waals surface area contributed by atoms with Crippen molar-refractivity contribution >= 4 is 45.0 Å². The fourth-order valence-corrected chi connectivity index (χ4v) is 6.89. The third-order valence-corrected chi connectivity index (χ3v) is 9.65. The highest BCUT2D eigenvalue weighted by Gasteiger charge is 2.23. The standard InChI is InChI=1S/C41H38ClFN4O5/c1-26-11-14-28(15-12-26)47-33-10-5-4-9-29(33)39(42)38(41(47)49)40(48)45-27-13-16-35(31(43)23-27)52-34-17-18-44-32-25-37(36(50-2)24-30(32)34)51-22-8-21-46-19-6-3-7-20-46/h4-5,9-18,23-25H,3,6-8,19-22H2,1-2H3,(H,45,48). The first-order valence-electron chi connectivity index (χ1n) is 17.3. The predicted molar refractivity (Wildman–Crippen MR) is 202 cm³/mol. The zero-order valence-electron chi connectivity index (χ0n) is 29.0. The molecule has 52 heavy (non-hydrogen) atoms. The van der Waals surface area contributed by atoms with E-state index in [0.717, 1.165) is 37.7 Å². The van der Waals surface area contributed by atoms with Crippen LogP contribution in [0.1, 0.15) is 41.6 Å². The fourth-order valence-electron chi connectivity index (χ4n) is 6.57. The second kappa shape index (κ2) is 15.4. The van der Waals surface area contributed by atoms with Gasteiger partial charge in [0.25, 0.3) is 11.5 Å². The molecule has 1 fully saturated rings. The number of nitrogens with zero attached hydrogens (tertiary/aromatic N) is 3. The molecule has 0 unspecified atom stereocenters. The minimum Gasteiger partial charge on any atom is -0.493 e. The number of carbonyl (C=O) groups excluding carboxylic acids is 1. The Morgan fingerprint density at radius 2 is 1.69 bits per heavy atom. The predicted octanol–water partition coefficient (Wildman–Crippen LogP) is 8.95. The van der Waals surface area contributed by atoms with Crippen LogP contribution in [-0.4, -0.2) is 53.7 Å². The number of hydrogen-bond acceptors (Lipinski definition) is 7. The minimum absolute atomic E-state index is 0.00731. The molecule has 266 valence electrons. The van der Waals surface area contributed by atoms with Crippen LogP contribution in [0.2, 0.25) is 5.02 Å². The van der Waals surface area contributed by atoms with Gasteiger partial charge < -0.3 is 24.4 Å². The Labute approximate surface area is 305 Å². The lowest BCUT2D eigenvalue weighted by Crippen LogP contribution is -2.31. The Morgan fingerprint density at radius 1 is 0.904 bits per heavy atom. The SMILES string of the molecule is COc1cc2c(Oc3ccc(NC(=O)c4c(Cl)c5ccccc5n(-c5ccc(C)cc5)c4=O)cc3F)ccnc2cc1OCCCN1CCCCC1. The number of hydrogen-bond donors (Lipinski definition) is 1. The maximum atomic E-state index is 15.6. The van der Waals surface area contributed by atoms with Gasteiger partial charge in [-0.2, -0.15) is 0 Å². The number of aromatic nitrogens is 2. The van der Waals surface area contributed by atoms with E-state index < -0.39 is 17.3 Å². The van der Waals surface area contributed by atoms with Crippen LogP contribution in [0.5, 0.6) is 23.0 Å². The first-order chi connectivity index (χ1) is 25.3. The summed E-state index contributed by atoms with van der Waals surface area (Å²) >= 11 is 6.69. The van der Waals surface area contributed by atoms with Gasteiger partial charge in [-0.15, -0.1) is 0 Å². The van der Waals surface area contributed by atoms with Gasteiger partial charge in [0.15, 0.2) is 23.1 Å². The number of anilines is 1. The molecule has 1 N–H and O–H groups in total. The Morgan fingerprint density at radius 3 is 2.46 bits per heavy atom. The number of ether oxygens (including phenoxy) is 3. The largest absolute Gasteiger partial charge is 0.493 e. The van der Waals surface area contributed by atoms with Crippen molar-refractivity contribution in [1.82, 2.24) is 14.5 Å². The van der Waals surface area contributed by atoms with E-state index in [1.807, 2.05) is 19.1 Å². The van der Waals surface area contributed by atoms with Crippen molar-refractivity contribution in [3.63, 3.8) is 0 Å². The number of likely N-dealkylation sites (tertiary alicyclic amines) is 1. The number of methoxy groups -OCH3 is 1. The number of nitrogens with one attached hydrogen (secondary N) is 1. The van der Waals surface area contributed by atoms with Crippen LogP contribution in [0.25, 0.3) is 27.5 Å². The van der Waals surface area contributed by atoms with Crippen molar-refractivity contribution in [3.8, 4) is 28.7 Å². The topological polar surface area (TPSA) is 94.9 Å². The molecule has 6 aromatic rings. The number of carbonyl (C=O) groups is 1. The van der Waals surface area contributed by atoms with E-state index in [-0.39, 0.29) is 22.0 Å². The molecule has 1 aliphatic heterocycles. The number of benzene rings is 4. The number of halogens is 2. The van der Waals surface area contributed by atoms with Gasteiger partial charge in [-0.25, -0.2) is 4.39 Å². The van der Waals surface area contributed by atoms with Gasteiger partial charge >= 0.3 is 0 Å². The summed E-state index contributed by atoms with van der Waals surface area (Å²) in [5.41, 5.74) is 2.01. The number of fused-ring (bicyclic) bond motifs is 2. The molecule has 2 aromatic heterocycles. The molecule has 11 heteroatoms. The van der Waals surface area contributed by atoms with E-state index in [2.05, 4.69) is 15.2 Å². The summed E-state index contributed by atoms with van der Waals surface area (Å²) in [5, 5.41) is 3.78. The van der Waals surface area contributed by atoms with Crippen molar-refractivity contribution in [2.75, 3.05) is 38.7 Å². The normalized spacial score (nSPS) is 13.3. The number of amides is 1. The summed E-state index contributed by atoms with van der Waals surface area (Å²) < 4.78 is 34.8. The molecule has 1 saturated heterocycles. The summed E-state index contributed by atoms with van der Waals surface area (Å²) in [6, 6.07) is 23.7. The average molecular weight is 721 g/mol. The first kappa shape index (κ1) is 35.0. The zero-order valence-corrected chi connectivity index (χ0v) is 29.7. The van der Waals surface area contributed by atoms with E-state index in [4.69, 9.17) is 25.8 Å². The number of para-hydroxylation sites is 1. The van der Waals surface area contributed by atoms with Gasteiger partial charge in [0.2, 0.25) is 0 Å². The lowest BCUT2D eigenvalue weighted by molar-refractivity contribution is 0.102. The number of aryl methyl sites for hydroxylation is 1. The van der Waals surface area contributed by atoms with E-state index in [1.54, 1.807) is 67.9 Å². The molecular weight excluding hydrogens is 683 g/mol. The van der Waals surface area contributed by atoms with Gasteiger partial charge in [-0.05, 0) is 81.7 Å². The Kier molecular flexibility index (Phi) is 10.4. The third-order valence-electron chi connectivity index (χ3n) is 9.26. The zero-order chi connectivity index (χ0) is 36.2. The summed E-state index contributed by atoms with van der Waals surface area (Å²) in [5.74, 6) is -0.142. The van der Waals surface area contributed by atoms with Crippen LogP contribution in [-0.2, 0) is 0 Å². The van der Waals surface area contributed by atoms with Crippen molar-refractivity contribution in [2.45, 2.75) is 32.6 Å². The maximum absolute atomic E-state index is 15.6. The molecule has 4 aromatic carbocycles. The second-order valence-electron chi connectivity index (χ2n) is 12.8. The van der Waals surface area contributed by atoms with Crippen molar-refractivity contribution in [2.24, 2.45) is 0 Å². The number of pyridine rings is 2. The van der Waals surface area contributed by atoms with Crippen LogP contribution in [0.15, 0.2) is 95.9 Å². The summed E-state index contributed by atoms with van der Waals surface area (Å²) in [6.45, 7) is 5.76. The molecule has 3 heterocycles. The quantitative estimate of drug-likeness (QED) is 0.134. The van der Waals surface area contributed by atoms with Crippen LogP contribution in [0.3, 0.4) is 0 Å². The molecular formula is C41H38ClFN4O5. The van der Waals surface area contributed by atoms with Crippen molar-refractivity contribution in [3.05, 3.63) is 123 Å². The summed E-state index contributed by atoms with van der Waals surface area (Å²) in [6.07, 6.45) is 6.28. The highest BCUT2D eigenvalue weighted by molar-refractivity contribution is 6.39. The molecule has 0 atom stereocenters. The Bertz CT molecular complexity index is 2320. The van der Waals surface area contributed by atoms with Crippen LogP contribution < -0.4 is 25.1 Å². The van der Waals surface area contributed by atoms with Gasteiger partial charge in [0.05, 0.1) is 29.8 Å². The third kappa shape index (κ3) is 7.30. The van der Waals surface area contributed by atoms with Gasteiger partial charge in [0.1, 0.15) is 11.3 Å². The van der Waals surface area contributed by atoms with E-state index in [9.17, 15) is 9.59 Å². The number of rotatable bonds is 11. The Hall–Kier alpha value is -5.45. The van der Waals surface area contributed by atoms with Crippen molar-refractivity contribution < 1.29 is 23.4 Å². The summed E-state index contributed by atoms with van der Waals surface area (Å²) in [4.78, 5) is 34.4. The molecule has 1 aliphatic rings. The minimum atomic E-state index is -0.772. The van der Waals surface area contributed by atoms with E-state index in [1.165, 1.54) is 36.0 Å². The fraction of sp³-hybridized carbons (Fsp3) is 0.244. The molecule has 7 rings (SSSR count). The molecule has 0 spiro atoms. The molecule has 1 amide bonds. The number of piperidine rings is 1. The highest BCUT2D eigenvalue weighted by Crippen LogP contribution is 2.38. The van der Waals surface area contributed by atoms with Crippen LogP contribution in [0, 0.1) is 12.7 Å². The molecule has 0 aliphatic carbocycles. The Balaban J connectivity index is 1.10. The molecule has 0 bridgehead atoms. The second-order valence-corrected chi connectivity index (χ2v) is 13.2.